The number of amides is 1. The van der Waals surface area contributed by atoms with E-state index >= 15 is 0 Å². The summed E-state index contributed by atoms with van der Waals surface area (Å²) >= 11 is 0. The molecule has 6 nitrogen and oxygen atoms in total. The van der Waals surface area contributed by atoms with Crippen molar-refractivity contribution in [1.82, 2.24) is 4.98 Å². The monoisotopic (exact) mass is 467 g/mol. The molecule has 3 aromatic rings. The highest BCUT2D eigenvalue weighted by Gasteiger charge is 2.32. The Morgan fingerprint density at radius 1 is 1.09 bits per heavy atom. The number of carboxylic acid groups (broad SMARTS) is 1. The first kappa shape index (κ1) is 24.2. The van der Waals surface area contributed by atoms with Gasteiger partial charge in [0.15, 0.2) is 0 Å². The molecule has 2 N–H and O–H groups in total. The van der Waals surface area contributed by atoms with Crippen molar-refractivity contribution in [3.63, 3.8) is 0 Å². The highest BCUT2D eigenvalue weighted by atomic mass is 16.4. The number of nitrogens with zero attached hydrogens (tertiary/aromatic N) is 2. The van der Waals surface area contributed by atoms with Crippen molar-refractivity contribution < 1.29 is 14.7 Å². The lowest BCUT2D eigenvalue weighted by Gasteiger charge is -2.24. The van der Waals surface area contributed by atoms with Crippen LogP contribution in [0.1, 0.15) is 60.4 Å². The molecule has 35 heavy (non-hydrogen) atoms. The molecule has 0 saturated heterocycles. The Balaban J connectivity index is 1.57. The van der Waals surface area contributed by atoms with Gasteiger partial charge in [0.05, 0.1) is 5.92 Å². The van der Waals surface area contributed by atoms with Crippen molar-refractivity contribution in [1.29, 1.82) is 5.26 Å². The van der Waals surface area contributed by atoms with Crippen molar-refractivity contribution >= 4 is 17.6 Å². The maximum atomic E-state index is 13.6. The van der Waals surface area contributed by atoms with Crippen LogP contribution in [0, 0.1) is 24.2 Å². The summed E-state index contributed by atoms with van der Waals surface area (Å²) in [6.45, 7) is 1.93. The fourth-order valence-electron chi connectivity index (χ4n) is 4.98. The fourth-order valence-corrected chi connectivity index (χ4v) is 4.98. The lowest BCUT2D eigenvalue weighted by Crippen LogP contribution is -2.27. The van der Waals surface area contributed by atoms with Crippen molar-refractivity contribution in [2.24, 2.45) is 5.92 Å². The van der Waals surface area contributed by atoms with E-state index < -0.39 is 5.97 Å². The van der Waals surface area contributed by atoms with Gasteiger partial charge in [-0.15, -0.1) is 0 Å². The van der Waals surface area contributed by atoms with Crippen LogP contribution in [0.15, 0.2) is 60.8 Å². The van der Waals surface area contributed by atoms with Crippen molar-refractivity contribution in [3.05, 3.63) is 83.2 Å². The van der Waals surface area contributed by atoms with Gasteiger partial charge in [0, 0.05) is 23.9 Å². The van der Waals surface area contributed by atoms with E-state index in [1.807, 2.05) is 61.5 Å². The van der Waals surface area contributed by atoms with Crippen LogP contribution >= 0.6 is 0 Å². The van der Waals surface area contributed by atoms with Gasteiger partial charge in [0.1, 0.15) is 11.8 Å². The Morgan fingerprint density at radius 3 is 2.43 bits per heavy atom. The minimum absolute atomic E-state index is 0.0248. The Morgan fingerprint density at radius 2 is 1.80 bits per heavy atom. The molecule has 1 fully saturated rings. The smallest absolute Gasteiger partial charge is 0.303 e. The van der Waals surface area contributed by atoms with Crippen LogP contribution in [-0.4, -0.2) is 22.0 Å². The molecule has 1 aliphatic rings. The average Bonchev–Trinajstić information content (AvgIpc) is 3.39. The maximum Gasteiger partial charge on any atom is 0.303 e. The summed E-state index contributed by atoms with van der Waals surface area (Å²) in [7, 11) is 0. The summed E-state index contributed by atoms with van der Waals surface area (Å²) in [5.74, 6) is -0.829. The first-order valence-electron chi connectivity index (χ1n) is 12.0. The first-order valence-corrected chi connectivity index (χ1v) is 12.0. The molecule has 0 spiro atoms. The van der Waals surface area contributed by atoms with Crippen LogP contribution in [0.2, 0.25) is 0 Å². The third-order valence-corrected chi connectivity index (χ3v) is 6.95. The van der Waals surface area contributed by atoms with Gasteiger partial charge in [0.25, 0.3) is 0 Å². The maximum absolute atomic E-state index is 13.6. The molecule has 0 aliphatic heterocycles. The number of carbonyl (C=O) groups excluding carboxylic acids is 1. The van der Waals surface area contributed by atoms with Crippen LogP contribution in [0.3, 0.4) is 0 Å². The molecular formula is C29H29N3O3. The summed E-state index contributed by atoms with van der Waals surface area (Å²) in [5, 5.41) is 21.1. The van der Waals surface area contributed by atoms with Crippen LogP contribution in [-0.2, 0) is 16.0 Å². The molecule has 1 saturated carbocycles. The molecule has 1 unspecified atom stereocenters. The average molecular weight is 468 g/mol. The molecule has 1 amide bonds. The number of benzene rings is 2. The number of nitriles is 1. The quantitative estimate of drug-likeness (QED) is 0.432. The predicted molar refractivity (Wildman–Crippen MR) is 135 cm³/mol. The second-order valence-corrected chi connectivity index (χ2v) is 9.16. The summed E-state index contributed by atoms with van der Waals surface area (Å²) in [4.78, 5) is 28.8. The molecule has 0 radical (unpaired) electrons. The fraction of sp³-hybridized carbons (Fsp3) is 0.310. The van der Waals surface area contributed by atoms with Gasteiger partial charge in [-0.2, -0.15) is 5.26 Å². The highest BCUT2D eigenvalue weighted by molar-refractivity contribution is 5.97. The Kier molecular flexibility index (Phi) is 7.57. The molecule has 1 aliphatic carbocycles. The minimum atomic E-state index is -0.833. The number of rotatable bonds is 8. The Bertz CT molecular complexity index is 1240. The molecule has 6 heteroatoms. The van der Waals surface area contributed by atoms with E-state index in [0.717, 1.165) is 59.2 Å². The third kappa shape index (κ3) is 5.75. The second-order valence-electron chi connectivity index (χ2n) is 9.16. The molecular weight excluding hydrogens is 438 g/mol. The molecule has 1 heterocycles. The zero-order valence-electron chi connectivity index (χ0n) is 19.8. The number of hydrogen-bond donors (Lipinski definition) is 2. The molecule has 0 bridgehead atoms. The summed E-state index contributed by atoms with van der Waals surface area (Å²) in [6, 6.07) is 19.3. The number of carboxylic acids is 1. The number of hydrogen-bond acceptors (Lipinski definition) is 4. The van der Waals surface area contributed by atoms with E-state index in [1.54, 1.807) is 12.3 Å². The zero-order valence-corrected chi connectivity index (χ0v) is 19.8. The van der Waals surface area contributed by atoms with Crippen LogP contribution in [0.4, 0.5) is 5.69 Å². The number of carbonyl (C=O) groups is 2. The number of pyridine rings is 1. The number of aliphatic carboxylic acids is 1. The van der Waals surface area contributed by atoms with E-state index in [2.05, 4.69) is 10.3 Å². The standard InChI is InChI=1S/C29H29N3O3/c1-19-20(14-16-27(33)34)7-4-8-26(19)32-29(35)28(22-5-2-3-6-22)23-11-9-21(10-12-23)24-13-15-25(17-30)31-18-24/h4,7-13,15,18,22,28H,2-3,5-6,14,16H2,1H3,(H,32,35)(H,33,34). The van der Waals surface area contributed by atoms with E-state index in [1.165, 1.54) is 0 Å². The molecule has 2 aromatic carbocycles. The van der Waals surface area contributed by atoms with Crippen molar-refractivity contribution in [3.8, 4) is 17.2 Å². The van der Waals surface area contributed by atoms with Gasteiger partial charge >= 0.3 is 5.97 Å². The van der Waals surface area contributed by atoms with E-state index in [4.69, 9.17) is 10.4 Å². The predicted octanol–water partition coefficient (Wildman–Crippen LogP) is 5.86. The van der Waals surface area contributed by atoms with Crippen LogP contribution < -0.4 is 5.32 Å². The number of anilines is 1. The lowest BCUT2D eigenvalue weighted by molar-refractivity contribution is -0.137. The first-order chi connectivity index (χ1) is 17.0. The molecule has 4 rings (SSSR count). The van der Waals surface area contributed by atoms with Gasteiger partial charge < -0.3 is 10.4 Å². The van der Waals surface area contributed by atoms with E-state index in [-0.39, 0.29) is 24.2 Å². The Labute approximate surface area is 205 Å². The van der Waals surface area contributed by atoms with Gasteiger partial charge in [-0.25, -0.2) is 4.98 Å². The molecule has 1 atom stereocenters. The highest BCUT2D eigenvalue weighted by Crippen LogP contribution is 2.39. The van der Waals surface area contributed by atoms with Gasteiger partial charge in [-0.3, -0.25) is 9.59 Å². The van der Waals surface area contributed by atoms with Crippen LogP contribution in [0.5, 0.6) is 0 Å². The number of aromatic nitrogens is 1. The minimum Gasteiger partial charge on any atom is -0.481 e. The van der Waals surface area contributed by atoms with E-state index in [9.17, 15) is 9.59 Å². The third-order valence-electron chi connectivity index (χ3n) is 6.95. The van der Waals surface area contributed by atoms with Gasteiger partial charge in [0.2, 0.25) is 5.91 Å². The zero-order chi connectivity index (χ0) is 24.8. The van der Waals surface area contributed by atoms with E-state index in [0.29, 0.717) is 12.1 Å². The van der Waals surface area contributed by atoms with Gasteiger partial charge in [-0.1, -0.05) is 49.2 Å². The van der Waals surface area contributed by atoms with Crippen LogP contribution in [0.25, 0.3) is 11.1 Å². The summed E-state index contributed by atoms with van der Waals surface area (Å²) < 4.78 is 0. The second kappa shape index (κ2) is 11.0. The molecule has 1 aromatic heterocycles. The lowest BCUT2D eigenvalue weighted by atomic mass is 9.83. The summed E-state index contributed by atoms with van der Waals surface area (Å²) in [5.41, 5.74) is 5.86. The Hall–Kier alpha value is -3.98. The SMILES string of the molecule is Cc1c(CCC(=O)O)cccc1NC(=O)C(c1ccc(-c2ccc(C#N)nc2)cc1)C1CCCC1. The van der Waals surface area contributed by atoms with Crippen molar-refractivity contribution in [2.45, 2.75) is 51.4 Å². The van der Waals surface area contributed by atoms with Crippen molar-refractivity contribution in [2.75, 3.05) is 5.32 Å². The topological polar surface area (TPSA) is 103 Å². The number of aryl methyl sites for hydroxylation is 1. The molecule has 178 valence electrons. The normalized spacial score (nSPS) is 14.3. The summed E-state index contributed by atoms with van der Waals surface area (Å²) in [6.07, 6.45) is 6.50. The van der Waals surface area contributed by atoms with Gasteiger partial charge in [-0.05, 0) is 72.6 Å². The largest absolute Gasteiger partial charge is 0.481 e. The number of nitrogens with one attached hydrogen (secondary N) is 1.